The van der Waals surface area contributed by atoms with Gasteiger partial charge in [0.2, 0.25) is 12.3 Å². The largest absolute Gasteiger partial charge is 0.710 e. The molecule has 3 aromatic rings. The number of halogens is 2. The van der Waals surface area contributed by atoms with Crippen molar-refractivity contribution in [3.63, 3.8) is 0 Å². The number of pyridine rings is 1. The average Bonchev–Trinajstić information content (AvgIpc) is 2.90. The Labute approximate surface area is 137 Å². The number of hydrogen-bond acceptors (Lipinski definition) is 3. The van der Waals surface area contributed by atoms with Gasteiger partial charge in [-0.05, 0) is 30.3 Å². The maximum atomic E-state index is 13.6. The van der Waals surface area contributed by atoms with Crippen LogP contribution in [0.4, 0.5) is 8.78 Å². The van der Waals surface area contributed by atoms with E-state index < -0.39 is 11.8 Å². The molecule has 0 aliphatic rings. The molecule has 3 rings (SSSR count). The highest BCUT2D eigenvalue weighted by atomic mass is 19.1. The molecule has 124 valence electrons. The first-order chi connectivity index (χ1) is 11.6. The molecule has 24 heavy (non-hydrogen) atoms. The van der Waals surface area contributed by atoms with Crippen LogP contribution in [0.2, 0.25) is 0 Å². The summed E-state index contributed by atoms with van der Waals surface area (Å²) in [7, 11) is 1.56. The second kappa shape index (κ2) is 6.76. The average molecular weight is 331 g/mol. The molecule has 2 aromatic heterocycles. The van der Waals surface area contributed by atoms with E-state index >= 15 is 0 Å². The van der Waals surface area contributed by atoms with E-state index in [4.69, 9.17) is 4.74 Å². The molecule has 0 aliphatic carbocycles. The first-order valence-corrected chi connectivity index (χ1v) is 7.29. The summed E-state index contributed by atoms with van der Waals surface area (Å²) in [5, 5.41) is 12.4. The lowest BCUT2D eigenvalue weighted by atomic mass is 10.1. The highest BCUT2D eigenvalue weighted by molar-refractivity contribution is 5.76. The van der Waals surface area contributed by atoms with E-state index in [1.165, 1.54) is 42.9 Å². The van der Waals surface area contributed by atoms with Crippen LogP contribution in [0, 0.1) is 17.0 Å². The Morgan fingerprint density at radius 1 is 1.17 bits per heavy atom. The fourth-order valence-corrected chi connectivity index (χ4v) is 2.57. The molecule has 2 heterocycles. The zero-order chi connectivity index (χ0) is 17.1. The highest BCUT2D eigenvalue weighted by Crippen LogP contribution is 2.30. The van der Waals surface area contributed by atoms with Crippen LogP contribution in [0.15, 0.2) is 48.9 Å². The number of nitrogens with zero attached hydrogens (tertiary/aromatic N) is 3. The van der Waals surface area contributed by atoms with Crippen LogP contribution >= 0.6 is 0 Å². The predicted octanol–water partition coefficient (Wildman–Crippen LogP) is 2.78. The van der Waals surface area contributed by atoms with Gasteiger partial charge < -0.3 is 9.94 Å². The molecule has 5 nitrogen and oxygen atoms in total. The molecule has 0 radical (unpaired) electrons. The molecule has 0 fully saturated rings. The quantitative estimate of drug-likeness (QED) is 0.410. The third-order valence-corrected chi connectivity index (χ3v) is 3.63. The zero-order valence-corrected chi connectivity index (χ0v) is 12.9. The maximum absolute atomic E-state index is 13.6. The van der Waals surface area contributed by atoms with E-state index in [2.05, 4.69) is 4.98 Å². The van der Waals surface area contributed by atoms with Crippen molar-refractivity contribution in [2.45, 2.75) is 6.54 Å². The van der Waals surface area contributed by atoms with Gasteiger partial charge in [0.05, 0.1) is 6.61 Å². The van der Waals surface area contributed by atoms with Crippen molar-refractivity contribution in [2.24, 2.45) is 0 Å². The van der Waals surface area contributed by atoms with Gasteiger partial charge in [-0.25, -0.2) is 18.7 Å². The SMILES string of the molecule is COCCn1c[n+]([O-])c(-c2ccc(F)cc2)c1-c1ccnc(F)c1. The highest BCUT2D eigenvalue weighted by Gasteiger charge is 2.24. The normalized spacial score (nSPS) is 11.0. The number of rotatable bonds is 5. The Kier molecular flexibility index (Phi) is 4.52. The van der Waals surface area contributed by atoms with Gasteiger partial charge in [0.1, 0.15) is 12.4 Å². The van der Waals surface area contributed by atoms with Crippen LogP contribution in [-0.2, 0) is 11.3 Å². The summed E-state index contributed by atoms with van der Waals surface area (Å²) in [6, 6.07) is 8.46. The van der Waals surface area contributed by atoms with Crippen LogP contribution in [0.5, 0.6) is 0 Å². The Bertz CT molecular complexity index is 848. The first-order valence-electron chi connectivity index (χ1n) is 7.29. The lowest BCUT2D eigenvalue weighted by Gasteiger charge is -2.07. The Morgan fingerprint density at radius 2 is 1.92 bits per heavy atom. The standard InChI is InChI=1S/C17H15F2N3O2/c1-24-9-8-21-11-22(23)17(12-2-4-14(18)5-3-12)16(21)13-6-7-20-15(19)10-13/h2-7,10-11H,8-9H2,1H3. The van der Waals surface area contributed by atoms with Crippen molar-refractivity contribution in [3.05, 3.63) is 65.9 Å². The summed E-state index contributed by atoms with van der Waals surface area (Å²) in [4.78, 5) is 3.54. The minimum absolute atomic E-state index is 0.316. The van der Waals surface area contributed by atoms with E-state index in [9.17, 15) is 14.0 Å². The first kappa shape index (κ1) is 16.1. The summed E-state index contributed by atoms with van der Waals surface area (Å²) in [6.45, 7) is 0.803. The minimum atomic E-state index is -0.644. The summed E-state index contributed by atoms with van der Waals surface area (Å²) in [5.74, 6) is -1.04. The topological polar surface area (TPSA) is 54.0 Å². The Morgan fingerprint density at radius 3 is 2.58 bits per heavy atom. The van der Waals surface area contributed by atoms with Crippen molar-refractivity contribution in [2.75, 3.05) is 13.7 Å². The maximum Gasteiger partial charge on any atom is 0.247 e. The molecule has 0 saturated carbocycles. The molecule has 0 bridgehead atoms. The molecule has 0 unspecified atom stereocenters. The summed E-state index contributed by atoms with van der Waals surface area (Å²) in [6.07, 6.45) is 2.70. The molecule has 0 saturated heterocycles. The van der Waals surface area contributed by atoms with Crippen LogP contribution < -0.4 is 4.73 Å². The summed E-state index contributed by atoms with van der Waals surface area (Å²) in [5.41, 5.74) is 1.88. The molecule has 0 amide bonds. The predicted molar refractivity (Wildman–Crippen MR) is 83.9 cm³/mol. The van der Waals surface area contributed by atoms with Crippen LogP contribution in [-0.4, -0.2) is 23.3 Å². The van der Waals surface area contributed by atoms with Crippen LogP contribution in [0.1, 0.15) is 0 Å². The smallest absolute Gasteiger partial charge is 0.247 e. The number of benzene rings is 1. The molecule has 0 N–H and O–H groups in total. The molecule has 7 heteroatoms. The third-order valence-electron chi connectivity index (χ3n) is 3.63. The van der Waals surface area contributed by atoms with E-state index in [1.807, 2.05) is 0 Å². The molecule has 0 spiro atoms. The lowest BCUT2D eigenvalue weighted by Crippen LogP contribution is -2.25. The summed E-state index contributed by atoms with van der Waals surface area (Å²) >= 11 is 0. The number of ether oxygens (including phenoxy) is 1. The van der Waals surface area contributed by atoms with Crippen LogP contribution in [0.25, 0.3) is 22.5 Å². The van der Waals surface area contributed by atoms with E-state index in [-0.39, 0.29) is 0 Å². The van der Waals surface area contributed by atoms with Gasteiger partial charge in [-0.1, -0.05) is 0 Å². The van der Waals surface area contributed by atoms with Crippen LogP contribution in [0.3, 0.4) is 0 Å². The second-order valence-corrected chi connectivity index (χ2v) is 5.20. The van der Waals surface area contributed by atoms with Crippen molar-refractivity contribution in [1.29, 1.82) is 0 Å². The van der Waals surface area contributed by atoms with Gasteiger partial charge >= 0.3 is 0 Å². The van der Waals surface area contributed by atoms with Gasteiger partial charge in [0, 0.05) is 30.5 Å². The van der Waals surface area contributed by atoms with Crippen molar-refractivity contribution in [1.82, 2.24) is 9.55 Å². The Balaban J connectivity index is 2.20. The van der Waals surface area contributed by atoms with Gasteiger partial charge in [-0.3, -0.25) is 0 Å². The fourth-order valence-electron chi connectivity index (χ4n) is 2.57. The molecule has 0 atom stereocenters. The van der Waals surface area contributed by atoms with Crippen molar-refractivity contribution in [3.8, 4) is 22.5 Å². The monoisotopic (exact) mass is 331 g/mol. The van der Waals surface area contributed by atoms with Gasteiger partial charge in [0.25, 0.3) is 0 Å². The molecule has 0 aliphatic heterocycles. The van der Waals surface area contributed by atoms with E-state index in [0.29, 0.717) is 40.4 Å². The Hall–Kier alpha value is -2.80. The molecular formula is C17H15F2N3O2. The van der Waals surface area contributed by atoms with Gasteiger partial charge in [-0.15, -0.1) is 0 Å². The molecular weight excluding hydrogens is 316 g/mol. The lowest BCUT2D eigenvalue weighted by molar-refractivity contribution is -0.593. The van der Waals surface area contributed by atoms with E-state index in [0.717, 1.165) is 0 Å². The number of methoxy groups -OCH3 is 1. The van der Waals surface area contributed by atoms with E-state index in [1.54, 1.807) is 17.7 Å². The van der Waals surface area contributed by atoms with Gasteiger partial charge in [-0.2, -0.15) is 4.39 Å². The second-order valence-electron chi connectivity index (χ2n) is 5.20. The van der Waals surface area contributed by atoms with Crippen molar-refractivity contribution >= 4 is 0 Å². The number of hydrogen-bond donors (Lipinski definition) is 0. The third kappa shape index (κ3) is 3.11. The summed E-state index contributed by atoms with van der Waals surface area (Å²) < 4.78 is 34.2. The van der Waals surface area contributed by atoms with Gasteiger partial charge in [0.15, 0.2) is 11.4 Å². The fraction of sp³-hybridized carbons (Fsp3) is 0.176. The zero-order valence-electron chi connectivity index (χ0n) is 12.9. The van der Waals surface area contributed by atoms with Crippen molar-refractivity contribution < 1.29 is 18.2 Å². The molecule has 1 aromatic carbocycles. The number of aromatic nitrogens is 3. The number of imidazole rings is 1. The minimum Gasteiger partial charge on any atom is -0.710 e.